The van der Waals surface area contributed by atoms with Gasteiger partial charge in [0.15, 0.2) is 0 Å². The summed E-state index contributed by atoms with van der Waals surface area (Å²) in [5.41, 5.74) is 5.90. The molecule has 0 aromatic carbocycles. The second kappa shape index (κ2) is 3.50. The number of hydrogen-bond acceptors (Lipinski definition) is 3. The Kier molecular flexibility index (Phi) is 2.62. The highest BCUT2D eigenvalue weighted by Crippen LogP contribution is 2.06. The van der Waals surface area contributed by atoms with Crippen LogP contribution in [-0.4, -0.2) is 21.4 Å². The standard InChI is InChI=1S/C7H13N3O/c1-2-10-4-3-6(9-10)7(11)5-8/h3-4,7,11H,2,5,8H2,1H3. The molecule has 4 heteroatoms. The molecule has 1 atom stereocenters. The molecule has 1 heterocycles. The summed E-state index contributed by atoms with van der Waals surface area (Å²) in [4.78, 5) is 0. The minimum absolute atomic E-state index is 0.223. The van der Waals surface area contributed by atoms with E-state index in [0.29, 0.717) is 5.69 Å². The van der Waals surface area contributed by atoms with Crippen molar-refractivity contribution in [3.05, 3.63) is 18.0 Å². The van der Waals surface area contributed by atoms with E-state index in [1.165, 1.54) is 0 Å². The number of nitrogens with zero attached hydrogens (tertiary/aromatic N) is 2. The monoisotopic (exact) mass is 155 g/mol. The van der Waals surface area contributed by atoms with Crippen LogP contribution in [0.5, 0.6) is 0 Å². The molecule has 11 heavy (non-hydrogen) atoms. The van der Waals surface area contributed by atoms with E-state index in [0.717, 1.165) is 6.54 Å². The van der Waals surface area contributed by atoms with Gasteiger partial charge >= 0.3 is 0 Å². The van der Waals surface area contributed by atoms with Crippen molar-refractivity contribution >= 4 is 0 Å². The fourth-order valence-electron chi connectivity index (χ4n) is 0.852. The molecule has 4 nitrogen and oxygen atoms in total. The van der Waals surface area contributed by atoms with Crippen LogP contribution in [0.25, 0.3) is 0 Å². The highest BCUT2D eigenvalue weighted by Gasteiger charge is 2.07. The number of aromatic nitrogens is 2. The van der Waals surface area contributed by atoms with Crippen LogP contribution in [0, 0.1) is 0 Å². The average molecular weight is 155 g/mol. The number of rotatable bonds is 3. The van der Waals surface area contributed by atoms with Crippen LogP contribution in [0.1, 0.15) is 18.7 Å². The van der Waals surface area contributed by atoms with Crippen LogP contribution in [0.3, 0.4) is 0 Å². The first-order chi connectivity index (χ1) is 5.27. The second-order valence-corrected chi connectivity index (χ2v) is 2.35. The maximum Gasteiger partial charge on any atom is 0.110 e. The smallest absolute Gasteiger partial charge is 0.110 e. The van der Waals surface area contributed by atoms with Crippen LogP contribution >= 0.6 is 0 Å². The normalized spacial score (nSPS) is 13.4. The summed E-state index contributed by atoms with van der Waals surface area (Å²) in [6.07, 6.45) is 1.21. The third-order valence-corrected chi connectivity index (χ3v) is 1.55. The van der Waals surface area contributed by atoms with Gasteiger partial charge in [0.1, 0.15) is 6.10 Å². The van der Waals surface area contributed by atoms with Gasteiger partial charge in [0.25, 0.3) is 0 Å². The summed E-state index contributed by atoms with van der Waals surface area (Å²) in [5, 5.41) is 13.3. The van der Waals surface area contributed by atoms with Gasteiger partial charge in [-0.15, -0.1) is 0 Å². The number of nitrogens with two attached hydrogens (primary N) is 1. The molecule has 0 amide bonds. The van der Waals surface area contributed by atoms with Gasteiger partial charge in [-0.1, -0.05) is 0 Å². The van der Waals surface area contributed by atoms with Crippen molar-refractivity contribution in [3.63, 3.8) is 0 Å². The van der Waals surface area contributed by atoms with E-state index in [4.69, 9.17) is 5.73 Å². The van der Waals surface area contributed by atoms with E-state index in [2.05, 4.69) is 5.10 Å². The molecule has 0 radical (unpaired) electrons. The average Bonchev–Trinajstić information content (AvgIpc) is 2.50. The zero-order valence-corrected chi connectivity index (χ0v) is 6.57. The number of aliphatic hydroxyl groups excluding tert-OH is 1. The van der Waals surface area contributed by atoms with Crippen LogP contribution in [0.4, 0.5) is 0 Å². The Morgan fingerprint density at radius 2 is 2.55 bits per heavy atom. The zero-order valence-electron chi connectivity index (χ0n) is 6.57. The molecule has 1 rings (SSSR count). The summed E-state index contributed by atoms with van der Waals surface area (Å²) in [7, 11) is 0. The third kappa shape index (κ3) is 1.78. The Hall–Kier alpha value is -0.870. The molecule has 1 unspecified atom stereocenters. The molecule has 0 aliphatic rings. The molecule has 0 saturated carbocycles. The third-order valence-electron chi connectivity index (χ3n) is 1.55. The van der Waals surface area contributed by atoms with Gasteiger partial charge in [0.05, 0.1) is 5.69 Å². The zero-order chi connectivity index (χ0) is 8.27. The van der Waals surface area contributed by atoms with Gasteiger partial charge in [-0.05, 0) is 13.0 Å². The summed E-state index contributed by atoms with van der Waals surface area (Å²) < 4.78 is 1.76. The Morgan fingerprint density at radius 3 is 3.00 bits per heavy atom. The van der Waals surface area contributed by atoms with Gasteiger partial charge in [0.2, 0.25) is 0 Å². The lowest BCUT2D eigenvalue weighted by atomic mass is 10.3. The molecular formula is C7H13N3O. The van der Waals surface area contributed by atoms with Crippen LogP contribution in [-0.2, 0) is 6.54 Å². The van der Waals surface area contributed by atoms with E-state index >= 15 is 0 Å². The molecule has 0 fully saturated rings. The number of aliphatic hydroxyl groups is 1. The Labute approximate surface area is 65.6 Å². The van der Waals surface area contributed by atoms with Gasteiger partial charge in [-0.2, -0.15) is 5.10 Å². The fraction of sp³-hybridized carbons (Fsp3) is 0.571. The van der Waals surface area contributed by atoms with Crippen molar-refractivity contribution in [2.45, 2.75) is 19.6 Å². The highest BCUT2D eigenvalue weighted by molar-refractivity contribution is 5.02. The molecule has 62 valence electrons. The molecule has 0 spiro atoms. The van der Waals surface area contributed by atoms with E-state index in [9.17, 15) is 5.11 Å². The van der Waals surface area contributed by atoms with E-state index in [-0.39, 0.29) is 6.54 Å². The quantitative estimate of drug-likeness (QED) is 0.640. The van der Waals surface area contributed by atoms with Crippen LogP contribution in [0.2, 0.25) is 0 Å². The topological polar surface area (TPSA) is 64.1 Å². The first-order valence-corrected chi connectivity index (χ1v) is 3.69. The van der Waals surface area contributed by atoms with Crippen molar-refractivity contribution in [3.8, 4) is 0 Å². The van der Waals surface area contributed by atoms with Crippen LogP contribution < -0.4 is 5.73 Å². The Balaban J connectivity index is 2.71. The van der Waals surface area contributed by atoms with Crippen molar-refractivity contribution in [2.75, 3.05) is 6.54 Å². The van der Waals surface area contributed by atoms with E-state index in [1.54, 1.807) is 10.7 Å². The summed E-state index contributed by atoms with van der Waals surface area (Å²) in [6, 6.07) is 1.78. The number of aryl methyl sites for hydroxylation is 1. The van der Waals surface area contributed by atoms with Gasteiger partial charge in [0, 0.05) is 19.3 Å². The molecule has 1 aromatic heterocycles. The van der Waals surface area contributed by atoms with Gasteiger partial charge in [-0.25, -0.2) is 0 Å². The lowest BCUT2D eigenvalue weighted by molar-refractivity contribution is 0.181. The number of hydrogen-bond donors (Lipinski definition) is 2. The molecule has 0 saturated heterocycles. The molecule has 0 bridgehead atoms. The molecule has 3 N–H and O–H groups in total. The first kappa shape index (κ1) is 8.23. The largest absolute Gasteiger partial charge is 0.385 e. The Bertz CT molecular complexity index is 221. The second-order valence-electron chi connectivity index (χ2n) is 2.35. The van der Waals surface area contributed by atoms with Crippen molar-refractivity contribution in [2.24, 2.45) is 5.73 Å². The molecule has 0 aliphatic carbocycles. The summed E-state index contributed by atoms with van der Waals surface area (Å²) in [6.45, 7) is 3.03. The molecule has 1 aromatic rings. The predicted molar refractivity (Wildman–Crippen MR) is 41.9 cm³/mol. The van der Waals surface area contributed by atoms with Crippen molar-refractivity contribution in [1.82, 2.24) is 9.78 Å². The maximum atomic E-state index is 9.24. The molecular weight excluding hydrogens is 142 g/mol. The predicted octanol–water partition coefficient (Wildman–Crippen LogP) is -0.105. The summed E-state index contributed by atoms with van der Waals surface area (Å²) in [5.74, 6) is 0. The lowest BCUT2D eigenvalue weighted by Crippen LogP contribution is -2.12. The Morgan fingerprint density at radius 1 is 1.82 bits per heavy atom. The van der Waals surface area contributed by atoms with Crippen molar-refractivity contribution < 1.29 is 5.11 Å². The van der Waals surface area contributed by atoms with Gasteiger partial charge < -0.3 is 10.8 Å². The minimum atomic E-state index is -0.622. The SMILES string of the molecule is CCn1ccc(C(O)CN)n1. The van der Waals surface area contributed by atoms with Gasteiger partial charge in [-0.3, -0.25) is 4.68 Å². The highest BCUT2D eigenvalue weighted by atomic mass is 16.3. The van der Waals surface area contributed by atoms with Crippen molar-refractivity contribution in [1.29, 1.82) is 0 Å². The van der Waals surface area contributed by atoms with E-state index in [1.807, 2.05) is 13.1 Å². The maximum absolute atomic E-state index is 9.24. The molecule has 0 aliphatic heterocycles. The summed E-state index contributed by atoms with van der Waals surface area (Å²) >= 11 is 0. The lowest BCUT2D eigenvalue weighted by Gasteiger charge is -2.01. The first-order valence-electron chi connectivity index (χ1n) is 3.69. The van der Waals surface area contributed by atoms with E-state index < -0.39 is 6.10 Å². The minimum Gasteiger partial charge on any atom is -0.385 e. The van der Waals surface area contributed by atoms with Crippen LogP contribution in [0.15, 0.2) is 12.3 Å². The fourth-order valence-corrected chi connectivity index (χ4v) is 0.852.